The number of hydrogen-bond donors (Lipinski definition) is 0. The van der Waals surface area contributed by atoms with Crippen LogP contribution in [0.2, 0.25) is 0 Å². The van der Waals surface area contributed by atoms with Crippen molar-refractivity contribution in [3.8, 4) is 17.1 Å². The maximum Gasteiger partial charge on any atom is 0.183 e. The third-order valence-electron chi connectivity index (χ3n) is 6.10. The second kappa shape index (κ2) is 6.35. The molecular formula is C22H24N4. The third-order valence-corrected chi connectivity index (χ3v) is 6.10. The van der Waals surface area contributed by atoms with Gasteiger partial charge >= 0.3 is 0 Å². The topological polar surface area (TPSA) is 43.6 Å². The Balaban J connectivity index is 1.59. The Morgan fingerprint density at radius 2 is 1.77 bits per heavy atom. The Hall–Kier alpha value is -2.49. The highest BCUT2D eigenvalue weighted by Crippen LogP contribution is 2.51. The largest absolute Gasteiger partial charge is 0.264 e. The van der Waals surface area contributed by atoms with E-state index in [-0.39, 0.29) is 0 Å². The van der Waals surface area contributed by atoms with Crippen molar-refractivity contribution < 1.29 is 0 Å². The molecule has 0 saturated heterocycles. The lowest BCUT2D eigenvalue weighted by molar-refractivity contribution is 0.517. The number of nitrogens with zero attached hydrogens (tertiary/aromatic N) is 4. The van der Waals surface area contributed by atoms with Crippen LogP contribution in [0.3, 0.4) is 0 Å². The summed E-state index contributed by atoms with van der Waals surface area (Å²) in [4.78, 5) is 9.26. The molecule has 0 bridgehead atoms. The fourth-order valence-electron chi connectivity index (χ4n) is 4.43. The Morgan fingerprint density at radius 1 is 0.962 bits per heavy atom. The van der Waals surface area contributed by atoms with E-state index >= 15 is 0 Å². The summed E-state index contributed by atoms with van der Waals surface area (Å²) in [6.07, 6.45) is 10.3. The van der Waals surface area contributed by atoms with Gasteiger partial charge in [0, 0.05) is 23.9 Å². The molecular weight excluding hydrogens is 320 g/mol. The van der Waals surface area contributed by atoms with E-state index in [1.807, 2.05) is 18.3 Å². The number of rotatable bonds is 3. The first kappa shape index (κ1) is 15.7. The van der Waals surface area contributed by atoms with Crippen LogP contribution in [0.4, 0.5) is 0 Å². The SMILES string of the molecule is Cc1ccccc1-n1nc(-c2cccnc2)nc1C1CC[C@@H]2C[C@@H]2CC1. The summed E-state index contributed by atoms with van der Waals surface area (Å²) in [5.74, 6) is 4.37. The van der Waals surface area contributed by atoms with Crippen LogP contribution in [-0.2, 0) is 0 Å². The van der Waals surface area contributed by atoms with Gasteiger partial charge < -0.3 is 0 Å². The second-order valence-corrected chi connectivity index (χ2v) is 7.84. The lowest BCUT2D eigenvalue weighted by Crippen LogP contribution is -2.10. The molecule has 0 amide bonds. The maximum atomic E-state index is 5.02. The molecule has 4 nitrogen and oxygen atoms in total. The molecule has 0 N–H and O–H groups in total. The number of fused-ring (bicyclic) bond motifs is 1. The van der Waals surface area contributed by atoms with Crippen LogP contribution in [0.1, 0.15) is 49.4 Å². The molecule has 0 aliphatic heterocycles. The van der Waals surface area contributed by atoms with Crippen LogP contribution >= 0.6 is 0 Å². The zero-order chi connectivity index (χ0) is 17.5. The predicted molar refractivity (Wildman–Crippen MR) is 102 cm³/mol. The number of pyridine rings is 1. The van der Waals surface area contributed by atoms with Crippen LogP contribution in [-0.4, -0.2) is 19.7 Å². The maximum absolute atomic E-state index is 5.02. The van der Waals surface area contributed by atoms with Gasteiger partial charge in [-0.2, -0.15) is 0 Å². The average molecular weight is 344 g/mol. The summed E-state index contributed by atoms with van der Waals surface area (Å²) in [7, 11) is 0. The van der Waals surface area contributed by atoms with Gasteiger partial charge in [-0.25, -0.2) is 9.67 Å². The normalized spacial score (nSPS) is 24.7. The minimum absolute atomic E-state index is 0.500. The predicted octanol–water partition coefficient (Wildman–Crippen LogP) is 4.93. The van der Waals surface area contributed by atoms with Gasteiger partial charge in [0.05, 0.1) is 5.69 Å². The van der Waals surface area contributed by atoms with Gasteiger partial charge in [0.1, 0.15) is 5.82 Å². The molecule has 2 fully saturated rings. The molecule has 2 aliphatic carbocycles. The molecule has 26 heavy (non-hydrogen) atoms. The van der Waals surface area contributed by atoms with Crippen molar-refractivity contribution in [2.75, 3.05) is 0 Å². The Bertz CT molecular complexity index is 903. The number of para-hydroxylation sites is 1. The first-order valence-electron chi connectivity index (χ1n) is 9.73. The molecule has 3 atom stereocenters. The van der Waals surface area contributed by atoms with Gasteiger partial charge in [0.15, 0.2) is 5.82 Å². The Labute approximate surface area is 154 Å². The van der Waals surface area contributed by atoms with E-state index in [1.165, 1.54) is 37.7 Å². The highest BCUT2D eigenvalue weighted by Gasteiger charge is 2.40. The fourth-order valence-corrected chi connectivity index (χ4v) is 4.43. The molecule has 3 aromatic rings. The van der Waals surface area contributed by atoms with Gasteiger partial charge in [-0.15, -0.1) is 5.10 Å². The molecule has 4 heteroatoms. The molecule has 1 aromatic carbocycles. The summed E-state index contributed by atoms with van der Waals surface area (Å²) >= 11 is 0. The second-order valence-electron chi connectivity index (χ2n) is 7.84. The van der Waals surface area contributed by atoms with Crippen LogP contribution in [0, 0.1) is 18.8 Å². The smallest absolute Gasteiger partial charge is 0.183 e. The molecule has 2 aromatic heterocycles. The van der Waals surface area contributed by atoms with Crippen molar-refractivity contribution in [2.24, 2.45) is 11.8 Å². The van der Waals surface area contributed by atoms with Crippen molar-refractivity contribution in [1.29, 1.82) is 0 Å². The molecule has 132 valence electrons. The van der Waals surface area contributed by atoms with Crippen LogP contribution in [0.15, 0.2) is 48.8 Å². The van der Waals surface area contributed by atoms with Crippen LogP contribution < -0.4 is 0 Å². The molecule has 5 rings (SSSR count). The highest BCUT2D eigenvalue weighted by molar-refractivity contribution is 5.54. The van der Waals surface area contributed by atoms with E-state index < -0.39 is 0 Å². The molecule has 2 saturated carbocycles. The molecule has 2 aliphatic rings. The fraction of sp³-hybridized carbons (Fsp3) is 0.409. The molecule has 1 unspecified atom stereocenters. The minimum atomic E-state index is 0.500. The summed E-state index contributed by atoms with van der Waals surface area (Å²) in [6, 6.07) is 12.4. The van der Waals surface area contributed by atoms with E-state index in [4.69, 9.17) is 10.1 Å². The van der Waals surface area contributed by atoms with E-state index in [9.17, 15) is 0 Å². The van der Waals surface area contributed by atoms with Crippen LogP contribution in [0.5, 0.6) is 0 Å². The first-order chi connectivity index (χ1) is 12.8. The zero-order valence-corrected chi connectivity index (χ0v) is 15.2. The molecule has 2 heterocycles. The van der Waals surface area contributed by atoms with E-state index in [2.05, 4.69) is 40.9 Å². The average Bonchev–Trinajstić information content (AvgIpc) is 3.33. The lowest BCUT2D eigenvalue weighted by Gasteiger charge is -2.16. The Morgan fingerprint density at radius 3 is 2.50 bits per heavy atom. The third kappa shape index (κ3) is 2.83. The van der Waals surface area contributed by atoms with Gasteiger partial charge in [-0.1, -0.05) is 18.2 Å². The number of hydrogen-bond acceptors (Lipinski definition) is 3. The number of aromatic nitrogens is 4. The van der Waals surface area contributed by atoms with E-state index in [0.717, 1.165) is 34.7 Å². The van der Waals surface area contributed by atoms with Gasteiger partial charge in [0.25, 0.3) is 0 Å². The van der Waals surface area contributed by atoms with Gasteiger partial charge in [-0.05, 0) is 74.6 Å². The lowest BCUT2D eigenvalue weighted by atomic mass is 9.97. The van der Waals surface area contributed by atoms with Gasteiger partial charge in [-0.3, -0.25) is 4.98 Å². The zero-order valence-electron chi connectivity index (χ0n) is 15.2. The van der Waals surface area contributed by atoms with E-state index in [0.29, 0.717) is 5.92 Å². The number of aryl methyl sites for hydroxylation is 1. The number of benzene rings is 1. The Kier molecular flexibility index (Phi) is 3.84. The standard InChI is InChI=1S/C22H24N4/c1-15-5-2-3-7-20(15)26-22(16-8-10-17-13-18(17)11-9-16)24-21(25-26)19-6-4-12-23-14-19/h2-7,12,14,16-18H,8-11,13H2,1H3/t16?,17-,18+. The van der Waals surface area contributed by atoms with Gasteiger partial charge in [0.2, 0.25) is 0 Å². The highest BCUT2D eigenvalue weighted by atomic mass is 15.4. The van der Waals surface area contributed by atoms with Crippen LogP contribution in [0.25, 0.3) is 17.1 Å². The van der Waals surface area contributed by atoms with Crippen molar-refractivity contribution in [2.45, 2.75) is 44.9 Å². The molecule has 0 radical (unpaired) electrons. The van der Waals surface area contributed by atoms with Crippen molar-refractivity contribution in [3.63, 3.8) is 0 Å². The monoisotopic (exact) mass is 344 g/mol. The molecule has 0 spiro atoms. The summed E-state index contributed by atoms with van der Waals surface area (Å²) in [6.45, 7) is 2.15. The van der Waals surface area contributed by atoms with Crippen molar-refractivity contribution >= 4 is 0 Å². The summed E-state index contributed by atoms with van der Waals surface area (Å²) < 4.78 is 2.10. The van der Waals surface area contributed by atoms with E-state index in [1.54, 1.807) is 6.20 Å². The summed E-state index contributed by atoms with van der Waals surface area (Å²) in [5, 5.41) is 4.91. The summed E-state index contributed by atoms with van der Waals surface area (Å²) in [5.41, 5.74) is 3.35. The van der Waals surface area contributed by atoms with Crippen molar-refractivity contribution in [3.05, 3.63) is 60.2 Å². The first-order valence-corrected chi connectivity index (χ1v) is 9.73. The minimum Gasteiger partial charge on any atom is -0.264 e. The van der Waals surface area contributed by atoms with Crippen molar-refractivity contribution in [1.82, 2.24) is 19.7 Å². The quantitative estimate of drug-likeness (QED) is 0.676.